The molecule has 0 unspecified atom stereocenters. The molecule has 0 radical (unpaired) electrons. The molecule has 1 N–H and O–H groups in total. The van der Waals surface area contributed by atoms with Gasteiger partial charge in [0, 0.05) is 41.7 Å². The first-order valence-corrected chi connectivity index (χ1v) is 7.81. The zero-order valence-corrected chi connectivity index (χ0v) is 14.1. The smallest absolute Gasteiger partial charge is 0.270 e. The number of hydrogen-bond donors (Lipinski definition) is 1. The van der Waals surface area contributed by atoms with E-state index in [-0.39, 0.29) is 5.69 Å². The van der Waals surface area contributed by atoms with Crippen molar-refractivity contribution >= 4 is 23.0 Å². The zero-order valence-electron chi connectivity index (χ0n) is 13.3. The van der Waals surface area contributed by atoms with E-state index in [1.807, 2.05) is 18.3 Å². The normalized spacial score (nSPS) is 10.5. The molecule has 1 aromatic heterocycles. The van der Waals surface area contributed by atoms with Gasteiger partial charge in [-0.3, -0.25) is 10.1 Å². The molecule has 25 heavy (non-hydrogen) atoms. The van der Waals surface area contributed by atoms with Crippen molar-refractivity contribution in [2.75, 3.05) is 12.4 Å². The predicted molar refractivity (Wildman–Crippen MR) is 95.5 cm³/mol. The summed E-state index contributed by atoms with van der Waals surface area (Å²) in [5.41, 5.74) is 2.25. The number of non-ortho nitro benzene ring substituents is 1. The summed E-state index contributed by atoms with van der Waals surface area (Å²) in [7, 11) is 1.53. The highest BCUT2D eigenvalue weighted by atomic mass is 35.5. The number of benzene rings is 2. The van der Waals surface area contributed by atoms with Crippen LogP contribution in [-0.4, -0.2) is 21.8 Å². The summed E-state index contributed by atoms with van der Waals surface area (Å²) < 4.78 is 7.00. The van der Waals surface area contributed by atoms with E-state index >= 15 is 0 Å². The van der Waals surface area contributed by atoms with Crippen LogP contribution in [-0.2, 0) is 6.54 Å². The highest BCUT2D eigenvalue weighted by Gasteiger charge is 2.12. The number of hydrogen-bond acceptors (Lipinski definition) is 5. The van der Waals surface area contributed by atoms with E-state index in [0.717, 1.165) is 11.4 Å². The number of aromatic nitrogens is 2. The molecule has 2 aromatic carbocycles. The molecular formula is C17H15ClN4O3. The van der Waals surface area contributed by atoms with Gasteiger partial charge in [0.1, 0.15) is 5.75 Å². The predicted octanol–water partition coefficient (Wildman–Crippen LogP) is 4.05. The monoisotopic (exact) mass is 358 g/mol. The Morgan fingerprint density at radius 3 is 2.84 bits per heavy atom. The van der Waals surface area contributed by atoms with Crippen LogP contribution in [0.15, 0.2) is 54.9 Å². The molecule has 8 heteroatoms. The van der Waals surface area contributed by atoms with Crippen LogP contribution in [0, 0.1) is 10.1 Å². The van der Waals surface area contributed by atoms with Crippen molar-refractivity contribution < 1.29 is 9.66 Å². The largest absolute Gasteiger partial charge is 0.496 e. The summed E-state index contributed by atoms with van der Waals surface area (Å²) in [5, 5.41) is 19.0. The van der Waals surface area contributed by atoms with Gasteiger partial charge in [-0.15, -0.1) is 0 Å². The minimum Gasteiger partial charge on any atom is -0.496 e. The summed E-state index contributed by atoms with van der Waals surface area (Å²) >= 11 is 6.10. The maximum absolute atomic E-state index is 11.0. The minimum absolute atomic E-state index is 0.0102. The summed E-state index contributed by atoms with van der Waals surface area (Å²) in [6.07, 6.45) is 3.50. The Morgan fingerprint density at radius 1 is 1.32 bits per heavy atom. The molecule has 0 bridgehead atoms. The highest BCUT2D eigenvalue weighted by Crippen LogP contribution is 2.28. The van der Waals surface area contributed by atoms with E-state index < -0.39 is 4.92 Å². The second-order valence-corrected chi connectivity index (χ2v) is 5.66. The number of halogens is 1. The number of methoxy groups -OCH3 is 1. The van der Waals surface area contributed by atoms with E-state index in [4.69, 9.17) is 16.3 Å². The maximum Gasteiger partial charge on any atom is 0.270 e. The van der Waals surface area contributed by atoms with Crippen LogP contribution in [0.1, 0.15) is 5.56 Å². The molecule has 3 rings (SSSR count). The fraction of sp³-hybridized carbons (Fsp3) is 0.118. The topological polar surface area (TPSA) is 82.2 Å². The number of rotatable bonds is 6. The molecule has 3 aromatic rings. The Hall–Kier alpha value is -3.06. The van der Waals surface area contributed by atoms with Crippen LogP contribution in [0.2, 0.25) is 5.02 Å². The van der Waals surface area contributed by atoms with Gasteiger partial charge in [-0.25, -0.2) is 4.68 Å². The van der Waals surface area contributed by atoms with Crippen molar-refractivity contribution in [2.45, 2.75) is 6.54 Å². The van der Waals surface area contributed by atoms with Crippen molar-refractivity contribution in [1.29, 1.82) is 0 Å². The van der Waals surface area contributed by atoms with Gasteiger partial charge in [-0.1, -0.05) is 11.6 Å². The molecule has 7 nitrogen and oxygen atoms in total. The number of nitrogens with one attached hydrogen (secondary N) is 1. The summed E-state index contributed by atoms with van der Waals surface area (Å²) in [5.74, 6) is 0.570. The van der Waals surface area contributed by atoms with Gasteiger partial charge in [0.2, 0.25) is 0 Å². The SMILES string of the molecule is COc1ccc([N+](=O)[O-])cc1CNc1cc(Cl)ccc1-n1cccn1. The van der Waals surface area contributed by atoms with Crippen molar-refractivity contribution in [3.05, 3.63) is 75.6 Å². The average Bonchev–Trinajstić information content (AvgIpc) is 3.14. The van der Waals surface area contributed by atoms with Crippen LogP contribution in [0.4, 0.5) is 11.4 Å². The van der Waals surface area contributed by atoms with Crippen molar-refractivity contribution in [2.24, 2.45) is 0 Å². The van der Waals surface area contributed by atoms with Gasteiger partial charge in [0.05, 0.1) is 23.4 Å². The number of nitrogens with zero attached hydrogens (tertiary/aromatic N) is 3. The molecule has 0 saturated carbocycles. The standard InChI is InChI=1S/C17H15ClN4O3/c1-25-17-6-4-14(22(23)24)9-12(17)11-19-15-10-13(18)3-5-16(15)21-8-2-7-20-21/h2-10,19H,11H2,1H3. The third-order valence-corrected chi connectivity index (χ3v) is 3.89. The number of ether oxygens (including phenoxy) is 1. The Balaban J connectivity index is 1.90. The first-order chi connectivity index (χ1) is 12.1. The first kappa shape index (κ1) is 16.8. The molecular weight excluding hydrogens is 344 g/mol. The van der Waals surface area contributed by atoms with Crippen molar-refractivity contribution in [3.63, 3.8) is 0 Å². The highest BCUT2D eigenvalue weighted by molar-refractivity contribution is 6.31. The fourth-order valence-corrected chi connectivity index (χ4v) is 2.64. The first-order valence-electron chi connectivity index (χ1n) is 7.43. The molecule has 1 heterocycles. The molecule has 0 spiro atoms. The third-order valence-electron chi connectivity index (χ3n) is 3.65. The van der Waals surface area contributed by atoms with Crippen LogP contribution >= 0.6 is 11.6 Å². The number of nitro groups is 1. The van der Waals surface area contributed by atoms with Crippen LogP contribution in [0.3, 0.4) is 0 Å². The van der Waals surface area contributed by atoms with Gasteiger partial charge in [-0.05, 0) is 30.3 Å². The molecule has 0 atom stereocenters. The Bertz CT molecular complexity index is 897. The van der Waals surface area contributed by atoms with E-state index in [0.29, 0.717) is 22.9 Å². The lowest BCUT2D eigenvalue weighted by atomic mass is 10.1. The van der Waals surface area contributed by atoms with Crippen molar-refractivity contribution in [3.8, 4) is 11.4 Å². The lowest BCUT2D eigenvalue weighted by Crippen LogP contribution is -2.06. The van der Waals surface area contributed by atoms with Crippen LogP contribution < -0.4 is 10.1 Å². The molecule has 0 saturated heterocycles. The minimum atomic E-state index is -0.433. The lowest BCUT2D eigenvalue weighted by Gasteiger charge is -2.14. The molecule has 0 amide bonds. The van der Waals surface area contributed by atoms with E-state index in [1.165, 1.54) is 19.2 Å². The van der Waals surface area contributed by atoms with Gasteiger partial charge >= 0.3 is 0 Å². The van der Waals surface area contributed by atoms with Crippen molar-refractivity contribution in [1.82, 2.24) is 9.78 Å². The summed E-state index contributed by atoms with van der Waals surface area (Å²) in [6.45, 7) is 0.333. The molecule has 0 aliphatic rings. The Labute approximate surface area is 149 Å². The van der Waals surface area contributed by atoms with Gasteiger partial charge in [-0.2, -0.15) is 5.10 Å². The van der Waals surface area contributed by atoms with Crippen LogP contribution in [0.5, 0.6) is 5.75 Å². The zero-order chi connectivity index (χ0) is 17.8. The molecule has 128 valence electrons. The fourth-order valence-electron chi connectivity index (χ4n) is 2.47. The third kappa shape index (κ3) is 3.72. The molecule has 0 fully saturated rings. The summed E-state index contributed by atoms with van der Waals surface area (Å²) in [4.78, 5) is 10.6. The van der Waals surface area contributed by atoms with E-state index in [1.54, 1.807) is 29.1 Å². The average molecular weight is 359 g/mol. The maximum atomic E-state index is 11.0. The second kappa shape index (κ2) is 7.23. The van der Waals surface area contributed by atoms with E-state index in [2.05, 4.69) is 10.4 Å². The second-order valence-electron chi connectivity index (χ2n) is 5.22. The molecule has 0 aliphatic heterocycles. The number of nitro benzene ring substituents is 1. The number of anilines is 1. The Kier molecular flexibility index (Phi) is 4.85. The quantitative estimate of drug-likeness (QED) is 0.531. The van der Waals surface area contributed by atoms with Gasteiger partial charge in [0.25, 0.3) is 5.69 Å². The van der Waals surface area contributed by atoms with E-state index in [9.17, 15) is 10.1 Å². The van der Waals surface area contributed by atoms with Crippen LogP contribution in [0.25, 0.3) is 5.69 Å². The Morgan fingerprint density at radius 2 is 2.16 bits per heavy atom. The van der Waals surface area contributed by atoms with Gasteiger partial charge in [0.15, 0.2) is 0 Å². The lowest BCUT2D eigenvalue weighted by molar-refractivity contribution is -0.384. The van der Waals surface area contributed by atoms with Gasteiger partial charge < -0.3 is 10.1 Å². The molecule has 0 aliphatic carbocycles. The summed E-state index contributed by atoms with van der Waals surface area (Å²) in [6, 6.07) is 11.7.